The summed E-state index contributed by atoms with van der Waals surface area (Å²) in [6.07, 6.45) is 3.11. The van der Waals surface area contributed by atoms with Crippen LogP contribution in [-0.2, 0) is 27.9 Å². The van der Waals surface area contributed by atoms with Crippen molar-refractivity contribution in [2.45, 2.75) is 88.8 Å². The van der Waals surface area contributed by atoms with E-state index >= 15 is 0 Å². The van der Waals surface area contributed by atoms with Crippen LogP contribution in [0.2, 0.25) is 0 Å². The molecule has 0 radical (unpaired) electrons. The minimum Gasteiger partial charge on any atom is -0.381 e. The highest BCUT2D eigenvalue weighted by atomic mass is 32.2. The van der Waals surface area contributed by atoms with Crippen molar-refractivity contribution in [3.63, 3.8) is 0 Å². The van der Waals surface area contributed by atoms with Crippen LogP contribution in [0, 0.1) is 0 Å². The lowest BCUT2D eigenvalue weighted by molar-refractivity contribution is -0.121. The molecule has 0 bridgehead atoms. The molecule has 2 fully saturated rings. The molecule has 3 amide bonds. The number of amides is 3. The van der Waals surface area contributed by atoms with Gasteiger partial charge in [0.25, 0.3) is 0 Å². The molecule has 5 atom stereocenters. The molecule has 2 saturated heterocycles. The summed E-state index contributed by atoms with van der Waals surface area (Å²) in [5.41, 5.74) is -0.640. The van der Waals surface area contributed by atoms with Crippen LogP contribution in [0.25, 0.3) is 0 Å². The molecule has 210 valence electrons. The zero-order valence-corrected chi connectivity index (χ0v) is 24.0. The fourth-order valence-electron chi connectivity index (χ4n) is 4.12. The predicted octanol–water partition coefficient (Wildman–Crippen LogP) is 2.80. The van der Waals surface area contributed by atoms with Gasteiger partial charge in [0.15, 0.2) is 0 Å². The Morgan fingerprint density at radius 3 is 2.69 bits per heavy atom. The van der Waals surface area contributed by atoms with Gasteiger partial charge in [-0.3, -0.25) is 13.8 Å². The monoisotopic (exact) mass is 552 g/mol. The minimum absolute atomic E-state index is 0.0100. The van der Waals surface area contributed by atoms with E-state index in [9.17, 15) is 14.2 Å². The minimum atomic E-state index is -3.51. The summed E-state index contributed by atoms with van der Waals surface area (Å²) in [7, 11) is -1.89. The van der Waals surface area contributed by atoms with E-state index in [1.165, 1.54) is 0 Å². The lowest BCUT2D eigenvalue weighted by atomic mass is 10.0. The van der Waals surface area contributed by atoms with Crippen molar-refractivity contribution in [2.75, 3.05) is 45.8 Å². The highest BCUT2D eigenvalue weighted by Gasteiger charge is 2.42. The highest BCUT2D eigenvalue weighted by Crippen LogP contribution is 2.47. The number of methoxy groups -OCH3 is 1. The van der Waals surface area contributed by atoms with Crippen LogP contribution in [0.3, 0.4) is 0 Å². The molecule has 2 rings (SSSR count). The van der Waals surface area contributed by atoms with Gasteiger partial charge in [0.05, 0.1) is 37.0 Å². The maximum Gasteiger partial charge on any atom is 0.406 e. The Hall–Kier alpha value is -0.880. The first-order valence-electron chi connectivity index (χ1n) is 12.8. The SMILES string of the molecule is CCOCCNP(=O)(OCCC(CCNC(=O)CCCC1SCC2NC(=O)NC21)OC)OC(C)(C)C. The van der Waals surface area contributed by atoms with Crippen molar-refractivity contribution in [2.24, 2.45) is 0 Å². The number of thioether (sulfide) groups is 1. The topological polar surface area (TPSA) is 136 Å². The molecule has 0 aromatic rings. The van der Waals surface area contributed by atoms with Crippen LogP contribution in [-0.4, -0.2) is 86.7 Å². The Kier molecular flexibility index (Phi) is 13.5. The number of carbonyl (C=O) groups is 2. The van der Waals surface area contributed by atoms with Gasteiger partial charge in [-0.05, 0) is 53.4 Å². The Labute approximate surface area is 219 Å². The number of rotatable bonds is 18. The lowest BCUT2D eigenvalue weighted by Gasteiger charge is -2.27. The second-order valence-corrected chi connectivity index (χ2v) is 13.0. The zero-order chi connectivity index (χ0) is 26.6. The molecular formula is C23H45N4O7PS. The van der Waals surface area contributed by atoms with Gasteiger partial charge >= 0.3 is 13.8 Å². The molecule has 0 saturated carbocycles. The van der Waals surface area contributed by atoms with Crippen molar-refractivity contribution in [3.05, 3.63) is 0 Å². The Balaban J connectivity index is 1.62. The third-order valence-electron chi connectivity index (χ3n) is 5.80. The molecule has 13 heteroatoms. The van der Waals surface area contributed by atoms with Crippen LogP contribution in [0.4, 0.5) is 4.79 Å². The van der Waals surface area contributed by atoms with Crippen LogP contribution in [0.15, 0.2) is 0 Å². The fourth-order valence-corrected chi connectivity index (χ4v) is 7.30. The van der Waals surface area contributed by atoms with E-state index in [-0.39, 0.29) is 36.7 Å². The second kappa shape index (κ2) is 15.5. The Bertz CT molecular complexity index is 740. The molecular weight excluding hydrogens is 507 g/mol. The van der Waals surface area contributed by atoms with Crippen molar-refractivity contribution < 1.29 is 32.7 Å². The number of hydrogen-bond donors (Lipinski definition) is 4. The summed E-state index contributed by atoms with van der Waals surface area (Å²) in [5, 5.41) is 12.1. The predicted molar refractivity (Wildman–Crippen MR) is 141 cm³/mol. The van der Waals surface area contributed by atoms with E-state index in [1.807, 2.05) is 39.5 Å². The van der Waals surface area contributed by atoms with Gasteiger partial charge in [0, 0.05) is 44.2 Å². The molecule has 11 nitrogen and oxygen atoms in total. The van der Waals surface area contributed by atoms with Crippen LogP contribution in [0.5, 0.6) is 0 Å². The number of urea groups is 1. The van der Waals surface area contributed by atoms with Gasteiger partial charge in [0.1, 0.15) is 0 Å². The van der Waals surface area contributed by atoms with E-state index in [4.69, 9.17) is 18.5 Å². The molecule has 0 aromatic carbocycles. The van der Waals surface area contributed by atoms with Gasteiger partial charge in [-0.2, -0.15) is 11.8 Å². The summed E-state index contributed by atoms with van der Waals surface area (Å²) in [5.74, 6) is 0.930. The van der Waals surface area contributed by atoms with Gasteiger partial charge < -0.3 is 25.4 Å². The van der Waals surface area contributed by atoms with Gasteiger partial charge in [0.2, 0.25) is 5.91 Å². The number of ether oxygens (including phenoxy) is 2. The molecule has 0 aromatic heterocycles. The zero-order valence-electron chi connectivity index (χ0n) is 22.3. The van der Waals surface area contributed by atoms with E-state index < -0.39 is 13.3 Å². The van der Waals surface area contributed by atoms with Crippen molar-refractivity contribution in [1.82, 2.24) is 21.0 Å². The molecule has 2 aliphatic rings. The highest BCUT2D eigenvalue weighted by molar-refractivity contribution is 8.00. The second-order valence-electron chi connectivity index (χ2n) is 9.94. The summed E-state index contributed by atoms with van der Waals surface area (Å²) >= 11 is 1.85. The van der Waals surface area contributed by atoms with Crippen LogP contribution in [0.1, 0.15) is 59.8 Å². The standard InChI is InChI=1S/C23H45N4O7PS/c1-6-32-15-13-25-35(30,34-23(2,3)4)33-14-11-17(31-5)10-12-24-20(28)9-7-8-19-21-18(16-36-19)26-22(29)27-21/h17-19,21H,6-16H2,1-5H3,(H,24,28)(H,25,30)(H2,26,27,29). The Morgan fingerprint density at radius 1 is 1.22 bits per heavy atom. The lowest BCUT2D eigenvalue weighted by Crippen LogP contribution is -2.37. The molecule has 2 heterocycles. The summed E-state index contributed by atoms with van der Waals surface area (Å²) in [6.45, 7) is 9.38. The third kappa shape index (κ3) is 11.7. The Morgan fingerprint density at radius 2 is 2.00 bits per heavy atom. The molecule has 0 spiro atoms. The number of nitrogens with one attached hydrogen (secondary N) is 4. The first-order chi connectivity index (χ1) is 17.0. The number of carbonyl (C=O) groups excluding carboxylic acids is 2. The molecule has 4 N–H and O–H groups in total. The van der Waals surface area contributed by atoms with Gasteiger partial charge in [-0.15, -0.1) is 0 Å². The number of hydrogen-bond acceptors (Lipinski definition) is 8. The smallest absolute Gasteiger partial charge is 0.381 e. The van der Waals surface area contributed by atoms with E-state index in [0.717, 1.165) is 18.6 Å². The maximum atomic E-state index is 13.1. The number of fused-ring (bicyclic) bond motifs is 1. The van der Waals surface area contributed by atoms with Gasteiger partial charge in [-0.1, -0.05) is 0 Å². The molecule has 2 aliphatic heterocycles. The van der Waals surface area contributed by atoms with Crippen LogP contribution < -0.4 is 21.0 Å². The molecule has 0 aliphatic carbocycles. The first kappa shape index (κ1) is 31.3. The van der Waals surface area contributed by atoms with Crippen molar-refractivity contribution >= 4 is 31.4 Å². The third-order valence-corrected chi connectivity index (χ3v) is 9.23. The average molecular weight is 553 g/mol. The first-order valence-corrected chi connectivity index (χ1v) is 15.4. The maximum absolute atomic E-state index is 13.1. The van der Waals surface area contributed by atoms with Crippen molar-refractivity contribution in [1.29, 1.82) is 0 Å². The van der Waals surface area contributed by atoms with E-state index in [2.05, 4.69) is 21.0 Å². The summed E-state index contributed by atoms with van der Waals surface area (Å²) < 4.78 is 35.2. The average Bonchev–Trinajstić information content (AvgIpc) is 3.34. The quantitative estimate of drug-likeness (QED) is 0.115. The van der Waals surface area contributed by atoms with Crippen molar-refractivity contribution in [3.8, 4) is 0 Å². The van der Waals surface area contributed by atoms with Crippen LogP contribution >= 0.6 is 19.5 Å². The summed E-state index contributed by atoms with van der Waals surface area (Å²) in [4.78, 5) is 23.7. The largest absolute Gasteiger partial charge is 0.406 e. The molecule has 5 unspecified atom stereocenters. The van der Waals surface area contributed by atoms with E-state index in [1.54, 1.807) is 7.11 Å². The summed E-state index contributed by atoms with van der Waals surface area (Å²) in [6, 6.07) is 0.281. The van der Waals surface area contributed by atoms with Gasteiger partial charge in [-0.25, -0.2) is 14.4 Å². The molecule has 36 heavy (non-hydrogen) atoms. The normalized spacial score (nSPS) is 24.0. The fraction of sp³-hybridized carbons (Fsp3) is 0.913. The van der Waals surface area contributed by atoms with E-state index in [0.29, 0.717) is 50.8 Å².